The van der Waals surface area contributed by atoms with Crippen LogP contribution in [0.15, 0.2) is 41.9 Å². The van der Waals surface area contributed by atoms with E-state index in [2.05, 4.69) is 20.8 Å². The second kappa shape index (κ2) is 7.47. The molecule has 0 spiro atoms. The molecule has 0 aliphatic carbocycles. The zero-order valence-corrected chi connectivity index (χ0v) is 14.2. The average Bonchev–Trinajstić information content (AvgIpc) is 3.20. The molecule has 0 fully saturated rings. The Morgan fingerprint density at radius 3 is 3.04 bits per heavy atom. The first kappa shape index (κ1) is 15.8. The van der Waals surface area contributed by atoms with Crippen LogP contribution in [0.4, 0.5) is 9.80 Å². The Labute approximate surface area is 142 Å². The van der Waals surface area contributed by atoms with Crippen molar-refractivity contribution in [1.29, 1.82) is 0 Å². The molecule has 0 aliphatic rings. The molecule has 0 radical (unpaired) electrons. The lowest BCUT2D eigenvalue weighted by atomic mass is 10.2. The lowest BCUT2D eigenvalue weighted by Gasteiger charge is -2.17. The number of pyridine rings is 1. The predicted molar refractivity (Wildman–Crippen MR) is 95.2 cm³/mol. The molecule has 3 rings (SSSR count). The molecular formula is C15H17N5OS2. The van der Waals surface area contributed by atoms with Crippen LogP contribution in [0.1, 0.15) is 18.3 Å². The number of nitrogens with one attached hydrogen (secondary N) is 2. The summed E-state index contributed by atoms with van der Waals surface area (Å²) in [7, 11) is 0. The molecule has 0 saturated heterocycles. The predicted octanol–water partition coefficient (Wildman–Crippen LogP) is 3.41. The SMILES string of the molecule is CSCC[C@H](NC(=O)Nc1cccs1)c1nnc2ccccn12. The number of carbonyl (C=O) groups excluding carboxylic acids is 1. The van der Waals surface area contributed by atoms with E-state index in [4.69, 9.17) is 0 Å². The van der Waals surface area contributed by atoms with Gasteiger partial charge in [0.25, 0.3) is 0 Å². The summed E-state index contributed by atoms with van der Waals surface area (Å²) >= 11 is 3.22. The summed E-state index contributed by atoms with van der Waals surface area (Å²) in [4.78, 5) is 12.2. The Kier molecular flexibility index (Phi) is 5.14. The van der Waals surface area contributed by atoms with E-state index in [1.807, 2.05) is 52.6 Å². The number of amides is 2. The first-order valence-corrected chi connectivity index (χ1v) is 9.45. The average molecular weight is 347 g/mol. The zero-order chi connectivity index (χ0) is 16.1. The van der Waals surface area contributed by atoms with Crippen molar-refractivity contribution in [1.82, 2.24) is 19.9 Å². The van der Waals surface area contributed by atoms with Crippen LogP contribution in [0.5, 0.6) is 0 Å². The van der Waals surface area contributed by atoms with Gasteiger partial charge in [-0.15, -0.1) is 21.5 Å². The van der Waals surface area contributed by atoms with Crippen molar-refractivity contribution in [3.8, 4) is 0 Å². The minimum Gasteiger partial charge on any atom is -0.328 e. The third-order valence-electron chi connectivity index (χ3n) is 3.33. The quantitative estimate of drug-likeness (QED) is 0.717. The Morgan fingerprint density at radius 2 is 2.26 bits per heavy atom. The van der Waals surface area contributed by atoms with Crippen molar-refractivity contribution in [2.45, 2.75) is 12.5 Å². The first-order chi connectivity index (χ1) is 11.3. The van der Waals surface area contributed by atoms with Gasteiger partial charge in [-0.05, 0) is 48.1 Å². The fourth-order valence-electron chi connectivity index (χ4n) is 2.25. The smallest absolute Gasteiger partial charge is 0.320 e. The van der Waals surface area contributed by atoms with Crippen LogP contribution in [-0.2, 0) is 0 Å². The van der Waals surface area contributed by atoms with Crippen molar-refractivity contribution in [2.24, 2.45) is 0 Å². The van der Waals surface area contributed by atoms with Crippen LogP contribution in [0.25, 0.3) is 5.65 Å². The first-order valence-electron chi connectivity index (χ1n) is 7.17. The maximum atomic E-state index is 12.2. The van der Waals surface area contributed by atoms with Gasteiger partial charge in [0.2, 0.25) is 0 Å². The number of aromatic nitrogens is 3. The molecule has 0 saturated carbocycles. The van der Waals surface area contributed by atoms with Crippen molar-refractivity contribution in [3.05, 3.63) is 47.7 Å². The maximum absolute atomic E-state index is 12.2. The lowest BCUT2D eigenvalue weighted by molar-refractivity contribution is 0.247. The third kappa shape index (κ3) is 3.83. The molecule has 8 heteroatoms. The number of nitrogens with zero attached hydrogens (tertiary/aromatic N) is 3. The van der Waals surface area contributed by atoms with Crippen LogP contribution in [0.3, 0.4) is 0 Å². The van der Waals surface area contributed by atoms with Gasteiger partial charge in [-0.2, -0.15) is 11.8 Å². The number of carbonyl (C=O) groups is 1. The third-order valence-corrected chi connectivity index (χ3v) is 4.75. The largest absolute Gasteiger partial charge is 0.328 e. The number of fused-ring (bicyclic) bond motifs is 1. The van der Waals surface area contributed by atoms with Crippen molar-refractivity contribution in [2.75, 3.05) is 17.3 Å². The molecule has 3 heterocycles. The molecule has 6 nitrogen and oxygen atoms in total. The minimum atomic E-state index is -0.230. The standard InChI is InChI=1S/C15H17N5OS2/c1-22-10-7-11(16-15(21)17-13-6-4-9-23-13)14-19-18-12-5-2-3-8-20(12)14/h2-6,8-9,11H,7,10H2,1H3,(H2,16,17,21)/t11-/m0/s1. The lowest BCUT2D eigenvalue weighted by Crippen LogP contribution is -2.33. The van der Waals surface area contributed by atoms with E-state index >= 15 is 0 Å². The van der Waals surface area contributed by atoms with Gasteiger partial charge < -0.3 is 5.32 Å². The van der Waals surface area contributed by atoms with Gasteiger partial charge >= 0.3 is 6.03 Å². The summed E-state index contributed by atoms with van der Waals surface area (Å²) < 4.78 is 1.91. The summed E-state index contributed by atoms with van der Waals surface area (Å²) in [6.45, 7) is 0. The zero-order valence-electron chi connectivity index (χ0n) is 12.6. The number of hydrogen-bond donors (Lipinski definition) is 2. The molecule has 3 aromatic rings. The number of thiophene rings is 1. The van der Waals surface area contributed by atoms with Gasteiger partial charge in [-0.25, -0.2) is 4.79 Å². The molecule has 23 heavy (non-hydrogen) atoms. The summed E-state index contributed by atoms with van der Waals surface area (Å²) in [5.41, 5.74) is 0.775. The van der Waals surface area contributed by atoms with Crippen molar-refractivity contribution < 1.29 is 4.79 Å². The number of hydrogen-bond acceptors (Lipinski definition) is 5. The number of urea groups is 1. The van der Waals surface area contributed by atoms with E-state index in [0.29, 0.717) is 0 Å². The summed E-state index contributed by atoms with van der Waals surface area (Å²) in [5, 5.41) is 17.0. The highest BCUT2D eigenvalue weighted by Crippen LogP contribution is 2.19. The molecular weight excluding hydrogens is 330 g/mol. The monoisotopic (exact) mass is 347 g/mol. The molecule has 2 amide bonds. The fourth-order valence-corrected chi connectivity index (χ4v) is 3.34. The van der Waals surface area contributed by atoms with Gasteiger partial charge in [0.05, 0.1) is 11.0 Å². The molecule has 0 aliphatic heterocycles. The molecule has 2 N–H and O–H groups in total. The van der Waals surface area contributed by atoms with Crippen LogP contribution >= 0.6 is 23.1 Å². The molecule has 1 atom stereocenters. The van der Waals surface area contributed by atoms with Gasteiger partial charge in [0.15, 0.2) is 11.5 Å². The van der Waals surface area contributed by atoms with Gasteiger partial charge in [0.1, 0.15) is 0 Å². The Balaban J connectivity index is 1.78. The summed E-state index contributed by atoms with van der Waals surface area (Å²) in [5.74, 6) is 1.67. The second-order valence-corrected chi connectivity index (χ2v) is 6.83. The van der Waals surface area contributed by atoms with Crippen molar-refractivity contribution in [3.63, 3.8) is 0 Å². The van der Waals surface area contributed by atoms with Crippen LogP contribution in [0.2, 0.25) is 0 Å². The molecule has 0 unspecified atom stereocenters. The topological polar surface area (TPSA) is 71.3 Å². The van der Waals surface area contributed by atoms with E-state index in [0.717, 1.165) is 28.6 Å². The van der Waals surface area contributed by atoms with Crippen LogP contribution in [-0.4, -0.2) is 32.6 Å². The van der Waals surface area contributed by atoms with Crippen LogP contribution in [0, 0.1) is 0 Å². The highest BCUT2D eigenvalue weighted by Gasteiger charge is 2.20. The molecule has 3 aromatic heterocycles. The highest BCUT2D eigenvalue weighted by atomic mass is 32.2. The van der Waals surface area contributed by atoms with E-state index in [1.54, 1.807) is 11.8 Å². The highest BCUT2D eigenvalue weighted by molar-refractivity contribution is 7.98. The summed E-state index contributed by atoms with van der Waals surface area (Å²) in [6, 6.07) is 9.09. The number of anilines is 1. The van der Waals surface area contributed by atoms with E-state index < -0.39 is 0 Å². The Bertz CT molecular complexity index is 771. The normalized spacial score (nSPS) is 12.2. The minimum absolute atomic E-state index is 0.195. The second-order valence-electron chi connectivity index (χ2n) is 4.90. The van der Waals surface area contributed by atoms with Crippen molar-refractivity contribution >= 4 is 39.8 Å². The number of thioether (sulfide) groups is 1. The van der Waals surface area contributed by atoms with E-state index in [-0.39, 0.29) is 12.1 Å². The van der Waals surface area contributed by atoms with Gasteiger partial charge in [0, 0.05) is 6.20 Å². The van der Waals surface area contributed by atoms with Crippen LogP contribution < -0.4 is 10.6 Å². The van der Waals surface area contributed by atoms with E-state index in [9.17, 15) is 4.79 Å². The molecule has 0 aromatic carbocycles. The van der Waals surface area contributed by atoms with E-state index in [1.165, 1.54) is 11.3 Å². The number of rotatable bonds is 6. The maximum Gasteiger partial charge on any atom is 0.320 e. The van der Waals surface area contributed by atoms with Gasteiger partial charge in [-0.3, -0.25) is 9.72 Å². The fraction of sp³-hybridized carbons (Fsp3) is 0.267. The molecule has 120 valence electrons. The Morgan fingerprint density at radius 1 is 1.35 bits per heavy atom. The van der Waals surface area contributed by atoms with Gasteiger partial charge in [-0.1, -0.05) is 6.07 Å². The summed E-state index contributed by atoms with van der Waals surface area (Å²) in [6.07, 6.45) is 4.75. The Hall–Kier alpha value is -2.06. The molecule has 0 bridgehead atoms.